The summed E-state index contributed by atoms with van der Waals surface area (Å²) in [5.41, 5.74) is -0.204. The minimum atomic E-state index is -0.545. The molecule has 0 radical (unpaired) electrons. The second-order valence-electron chi connectivity index (χ2n) is 6.76. The van der Waals surface area contributed by atoms with Crippen LogP contribution in [0.1, 0.15) is 39.0 Å². The Morgan fingerprint density at radius 1 is 1.20 bits per heavy atom. The van der Waals surface area contributed by atoms with Gasteiger partial charge in [-0.25, -0.2) is 4.79 Å². The maximum atomic E-state index is 11.2. The van der Waals surface area contributed by atoms with Gasteiger partial charge in [-0.1, -0.05) is 0 Å². The fourth-order valence-electron chi connectivity index (χ4n) is 4.86. The van der Waals surface area contributed by atoms with E-state index in [1.54, 1.807) is 0 Å². The highest BCUT2D eigenvalue weighted by molar-refractivity contribution is 5.70. The first-order valence-electron chi connectivity index (χ1n) is 7.13. The van der Waals surface area contributed by atoms with Gasteiger partial charge in [0.25, 0.3) is 0 Å². The van der Waals surface area contributed by atoms with Gasteiger partial charge in [0, 0.05) is 12.3 Å². The fraction of sp³-hybridized carbons (Fsp3) is 0.857. The third kappa shape index (κ3) is 2.31. The van der Waals surface area contributed by atoms with E-state index in [0.29, 0.717) is 18.4 Å². The van der Waals surface area contributed by atoms with Crippen molar-refractivity contribution >= 4 is 11.9 Å². The second-order valence-corrected chi connectivity index (χ2v) is 6.76. The fourth-order valence-corrected chi connectivity index (χ4v) is 4.86. The number of ether oxygens (including phenoxy) is 2. The van der Waals surface area contributed by atoms with Crippen molar-refractivity contribution in [2.24, 2.45) is 23.1 Å². The molecule has 4 rings (SSSR count). The molecule has 112 valence electrons. The van der Waals surface area contributed by atoms with Crippen LogP contribution in [-0.4, -0.2) is 30.8 Å². The number of nitrogens with two attached hydrogens (primary N) is 1. The zero-order valence-corrected chi connectivity index (χ0v) is 11.7. The smallest absolute Gasteiger partial charge is 0.350 e. The first-order valence-corrected chi connectivity index (χ1v) is 7.13. The van der Waals surface area contributed by atoms with Crippen molar-refractivity contribution in [3.05, 3.63) is 0 Å². The standard InChI is InChI=1S/C14H21NO5/c1-9(16)18-8-13-2-10-4-14(7-13,5-11(10)3-13)19-6-12(17)20-15/h10-11H,2-8,15H2,1H3. The Balaban J connectivity index is 1.67. The van der Waals surface area contributed by atoms with Crippen molar-refractivity contribution in [2.75, 3.05) is 13.2 Å². The zero-order chi connectivity index (χ0) is 14.4. The highest BCUT2D eigenvalue weighted by atomic mass is 16.7. The van der Waals surface area contributed by atoms with Crippen LogP contribution in [0.3, 0.4) is 0 Å². The monoisotopic (exact) mass is 283 g/mol. The maximum Gasteiger partial charge on any atom is 0.350 e. The molecule has 4 fully saturated rings. The van der Waals surface area contributed by atoms with Gasteiger partial charge in [-0.2, -0.15) is 5.90 Å². The minimum Gasteiger partial charge on any atom is -0.465 e. The van der Waals surface area contributed by atoms with E-state index in [0.717, 1.165) is 32.1 Å². The quantitative estimate of drug-likeness (QED) is 0.596. The molecule has 0 spiro atoms. The Morgan fingerprint density at radius 2 is 1.85 bits per heavy atom. The Labute approximate surface area is 117 Å². The van der Waals surface area contributed by atoms with Crippen LogP contribution in [0.25, 0.3) is 0 Å². The van der Waals surface area contributed by atoms with Gasteiger partial charge in [0.05, 0.1) is 12.2 Å². The van der Waals surface area contributed by atoms with Gasteiger partial charge in [-0.3, -0.25) is 4.79 Å². The summed E-state index contributed by atoms with van der Waals surface area (Å²) in [6, 6.07) is 0. The summed E-state index contributed by atoms with van der Waals surface area (Å²) in [7, 11) is 0. The van der Waals surface area contributed by atoms with E-state index in [9.17, 15) is 9.59 Å². The first-order chi connectivity index (χ1) is 9.46. The molecule has 20 heavy (non-hydrogen) atoms. The molecule has 0 amide bonds. The Morgan fingerprint density at radius 3 is 2.40 bits per heavy atom. The van der Waals surface area contributed by atoms with Crippen molar-refractivity contribution in [2.45, 2.75) is 44.6 Å². The second kappa shape index (κ2) is 4.70. The number of carbonyl (C=O) groups is 2. The lowest BCUT2D eigenvalue weighted by Gasteiger charge is -2.45. The van der Waals surface area contributed by atoms with Crippen LogP contribution in [0.4, 0.5) is 0 Å². The molecule has 4 aliphatic rings. The Kier molecular flexibility index (Phi) is 3.25. The molecule has 2 unspecified atom stereocenters. The van der Waals surface area contributed by atoms with Crippen LogP contribution < -0.4 is 5.90 Å². The van der Waals surface area contributed by atoms with Crippen molar-refractivity contribution in [3.8, 4) is 0 Å². The molecule has 2 atom stereocenters. The molecule has 4 aliphatic carbocycles. The summed E-state index contributed by atoms with van der Waals surface area (Å²) < 4.78 is 11.1. The van der Waals surface area contributed by atoms with Crippen molar-refractivity contribution in [1.82, 2.24) is 0 Å². The molecule has 2 N–H and O–H groups in total. The SMILES string of the molecule is CC(=O)OCC12CC3CC(OCC(=O)ON)(CC3C1)C2. The average Bonchev–Trinajstić information content (AvgIpc) is 2.80. The van der Waals surface area contributed by atoms with E-state index in [1.807, 2.05) is 0 Å². The molecule has 0 aliphatic heterocycles. The van der Waals surface area contributed by atoms with Crippen LogP contribution in [0.5, 0.6) is 0 Å². The van der Waals surface area contributed by atoms with E-state index in [2.05, 4.69) is 4.84 Å². The molecule has 6 nitrogen and oxygen atoms in total. The third-order valence-corrected chi connectivity index (χ3v) is 5.23. The predicted octanol–water partition coefficient (Wildman–Crippen LogP) is 0.932. The number of carbonyl (C=O) groups excluding carboxylic acids is 2. The summed E-state index contributed by atoms with van der Waals surface area (Å²) in [5, 5.41) is 0. The number of hydrogen-bond donors (Lipinski definition) is 1. The normalized spacial score (nSPS) is 40.9. The van der Waals surface area contributed by atoms with Crippen LogP contribution in [0, 0.1) is 17.3 Å². The molecule has 0 saturated heterocycles. The molecular weight excluding hydrogens is 262 g/mol. The predicted molar refractivity (Wildman–Crippen MR) is 68.1 cm³/mol. The number of esters is 1. The summed E-state index contributed by atoms with van der Waals surface area (Å²) in [5.74, 6) is 5.33. The lowest BCUT2D eigenvalue weighted by Crippen LogP contribution is -2.45. The van der Waals surface area contributed by atoms with Gasteiger partial charge in [0.15, 0.2) is 0 Å². The van der Waals surface area contributed by atoms with Gasteiger partial charge in [0.1, 0.15) is 6.61 Å². The third-order valence-electron chi connectivity index (χ3n) is 5.23. The van der Waals surface area contributed by atoms with Crippen molar-refractivity contribution in [1.29, 1.82) is 0 Å². The van der Waals surface area contributed by atoms with Crippen LogP contribution in [0.15, 0.2) is 0 Å². The molecule has 4 saturated carbocycles. The summed E-state index contributed by atoms with van der Waals surface area (Å²) in [6.07, 6.45) is 5.07. The highest BCUT2D eigenvalue weighted by Crippen LogP contribution is 2.66. The van der Waals surface area contributed by atoms with Crippen molar-refractivity contribution in [3.63, 3.8) is 0 Å². The van der Waals surface area contributed by atoms with E-state index in [-0.39, 0.29) is 23.6 Å². The average molecular weight is 283 g/mol. The summed E-state index contributed by atoms with van der Waals surface area (Å²) >= 11 is 0. The zero-order valence-electron chi connectivity index (χ0n) is 11.7. The molecule has 4 bridgehead atoms. The Hall–Kier alpha value is -1.14. The van der Waals surface area contributed by atoms with Crippen LogP contribution in [0.2, 0.25) is 0 Å². The van der Waals surface area contributed by atoms with E-state index in [4.69, 9.17) is 15.4 Å². The van der Waals surface area contributed by atoms with Gasteiger partial charge in [-0.05, 0) is 43.9 Å². The molecule has 0 aromatic heterocycles. The lowest BCUT2D eigenvalue weighted by molar-refractivity contribution is -0.167. The first kappa shape index (κ1) is 13.8. The molecule has 6 heteroatoms. The highest BCUT2D eigenvalue weighted by Gasteiger charge is 2.63. The van der Waals surface area contributed by atoms with E-state index >= 15 is 0 Å². The van der Waals surface area contributed by atoms with Crippen LogP contribution in [-0.2, 0) is 23.9 Å². The molecule has 0 heterocycles. The maximum absolute atomic E-state index is 11.2. The summed E-state index contributed by atoms with van der Waals surface area (Å²) in [4.78, 5) is 26.4. The molecular formula is C14H21NO5. The molecule has 0 aromatic carbocycles. The van der Waals surface area contributed by atoms with Gasteiger partial charge in [0.2, 0.25) is 0 Å². The lowest BCUT2D eigenvalue weighted by atomic mass is 9.67. The van der Waals surface area contributed by atoms with Gasteiger partial charge in [-0.15, -0.1) is 0 Å². The van der Waals surface area contributed by atoms with Crippen LogP contribution >= 0.6 is 0 Å². The van der Waals surface area contributed by atoms with Gasteiger partial charge >= 0.3 is 11.9 Å². The molecule has 0 aromatic rings. The topological polar surface area (TPSA) is 87.8 Å². The van der Waals surface area contributed by atoms with Crippen molar-refractivity contribution < 1.29 is 23.9 Å². The van der Waals surface area contributed by atoms with E-state index < -0.39 is 5.97 Å². The number of hydrogen-bond acceptors (Lipinski definition) is 6. The minimum absolute atomic E-state index is 0.0458. The van der Waals surface area contributed by atoms with E-state index in [1.165, 1.54) is 6.92 Å². The Bertz CT molecular complexity index is 421. The number of rotatable bonds is 5. The van der Waals surface area contributed by atoms with Gasteiger partial charge < -0.3 is 14.3 Å². The summed E-state index contributed by atoms with van der Waals surface area (Å²) in [6.45, 7) is 1.82. The largest absolute Gasteiger partial charge is 0.465 e.